The van der Waals surface area contributed by atoms with Crippen LogP contribution in [0.15, 0.2) is 29.5 Å². The van der Waals surface area contributed by atoms with Crippen LogP contribution >= 0.6 is 12.2 Å². The zero-order valence-corrected chi connectivity index (χ0v) is 15.5. The molecule has 0 aliphatic carbocycles. The van der Waals surface area contributed by atoms with Crippen LogP contribution in [0.1, 0.15) is 46.2 Å². The van der Waals surface area contributed by atoms with E-state index in [4.69, 9.17) is 12.2 Å². The molecule has 1 rings (SSSR count). The van der Waals surface area contributed by atoms with Gasteiger partial charge in [0, 0.05) is 12.2 Å². The van der Waals surface area contributed by atoms with E-state index in [0.717, 1.165) is 43.9 Å². The largest absolute Gasteiger partial charge is 0.359 e. The fraction of sp³-hybridized carbons (Fsp3) is 0.588. The lowest BCUT2D eigenvalue weighted by molar-refractivity contribution is 0.292. The summed E-state index contributed by atoms with van der Waals surface area (Å²) < 4.78 is 0. The van der Waals surface area contributed by atoms with E-state index in [1.54, 1.807) is 6.20 Å². The van der Waals surface area contributed by atoms with Gasteiger partial charge in [-0.25, -0.2) is 0 Å². The van der Waals surface area contributed by atoms with Crippen molar-refractivity contribution in [1.29, 1.82) is 0 Å². The SMILES string of the molecule is CCN(CC)CCC[C@@H](C)NC(=S)N/N=C(/C)c1ccccn1. The second-order valence-electron chi connectivity index (χ2n) is 5.57. The van der Waals surface area contributed by atoms with Crippen molar-refractivity contribution in [2.24, 2.45) is 5.10 Å². The molecule has 0 radical (unpaired) electrons. The Bertz CT molecular complexity index is 485. The molecule has 0 unspecified atom stereocenters. The van der Waals surface area contributed by atoms with Crippen LogP contribution in [0.2, 0.25) is 0 Å². The van der Waals surface area contributed by atoms with Crippen molar-refractivity contribution >= 4 is 23.0 Å². The second-order valence-corrected chi connectivity index (χ2v) is 5.98. The maximum Gasteiger partial charge on any atom is 0.187 e. The minimum atomic E-state index is 0.330. The molecule has 0 aliphatic heterocycles. The molecular weight excluding hydrogens is 306 g/mol. The van der Waals surface area contributed by atoms with Gasteiger partial charge in [-0.3, -0.25) is 10.4 Å². The van der Waals surface area contributed by atoms with Gasteiger partial charge in [-0.05, 0) is 70.7 Å². The van der Waals surface area contributed by atoms with E-state index in [1.807, 2.05) is 25.1 Å². The van der Waals surface area contributed by atoms with Crippen LogP contribution in [-0.2, 0) is 0 Å². The normalized spacial score (nSPS) is 13.0. The quantitative estimate of drug-likeness (QED) is 0.413. The molecule has 1 atom stereocenters. The first-order valence-corrected chi connectivity index (χ1v) is 8.72. The van der Waals surface area contributed by atoms with Gasteiger partial charge in [0.2, 0.25) is 0 Å². The van der Waals surface area contributed by atoms with E-state index >= 15 is 0 Å². The van der Waals surface area contributed by atoms with Crippen molar-refractivity contribution in [3.05, 3.63) is 30.1 Å². The lowest BCUT2D eigenvalue weighted by Gasteiger charge is -2.20. The molecule has 23 heavy (non-hydrogen) atoms. The Hall–Kier alpha value is -1.53. The highest BCUT2D eigenvalue weighted by atomic mass is 32.1. The summed E-state index contributed by atoms with van der Waals surface area (Å²) in [6.07, 6.45) is 4.00. The van der Waals surface area contributed by atoms with Crippen LogP contribution in [0.5, 0.6) is 0 Å². The summed E-state index contributed by atoms with van der Waals surface area (Å²) in [5.74, 6) is 0. The summed E-state index contributed by atoms with van der Waals surface area (Å²) >= 11 is 5.29. The Kier molecular flexibility index (Phi) is 9.40. The van der Waals surface area contributed by atoms with Gasteiger partial charge in [0.05, 0.1) is 11.4 Å². The van der Waals surface area contributed by atoms with E-state index in [2.05, 4.69) is 46.5 Å². The lowest BCUT2D eigenvalue weighted by atomic mass is 10.2. The topological polar surface area (TPSA) is 52.5 Å². The molecule has 0 spiro atoms. The molecule has 2 N–H and O–H groups in total. The number of rotatable bonds is 9. The number of thiocarbonyl (C=S) groups is 1. The minimum Gasteiger partial charge on any atom is -0.359 e. The third kappa shape index (κ3) is 8.04. The monoisotopic (exact) mass is 335 g/mol. The van der Waals surface area contributed by atoms with Gasteiger partial charge >= 0.3 is 0 Å². The number of hydrazone groups is 1. The van der Waals surface area contributed by atoms with Gasteiger partial charge in [0.25, 0.3) is 0 Å². The van der Waals surface area contributed by atoms with E-state index in [1.165, 1.54) is 0 Å². The van der Waals surface area contributed by atoms with E-state index in [9.17, 15) is 0 Å². The average Bonchev–Trinajstić information content (AvgIpc) is 2.57. The van der Waals surface area contributed by atoms with Gasteiger partial charge < -0.3 is 10.2 Å². The third-order valence-electron chi connectivity index (χ3n) is 3.74. The molecular formula is C17H29N5S. The summed E-state index contributed by atoms with van der Waals surface area (Å²) in [6.45, 7) is 11.8. The zero-order valence-electron chi connectivity index (χ0n) is 14.7. The Labute approximate surface area is 145 Å². The second kappa shape index (κ2) is 11.1. The molecule has 0 saturated heterocycles. The molecule has 1 aromatic rings. The number of nitrogens with one attached hydrogen (secondary N) is 2. The summed E-state index contributed by atoms with van der Waals surface area (Å²) in [4.78, 5) is 6.69. The molecule has 0 bridgehead atoms. The smallest absolute Gasteiger partial charge is 0.187 e. The van der Waals surface area contributed by atoms with E-state index in [0.29, 0.717) is 11.2 Å². The van der Waals surface area contributed by atoms with Gasteiger partial charge in [0.15, 0.2) is 5.11 Å². The summed E-state index contributed by atoms with van der Waals surface area (Å²) in [5.41, 5.74) is 4.54. The predicted molar refractivity (Wildman–Crippen MR) is 102 cm³/mol. The average molecular weight is 336 g/mol. The Morgan fingerprint density at radius 1 is 1.35 bits per heavy atom. The fourth-order valence-corrected chi connectivity index (χ4v) is 2.50. The van der Waals surface area contributed by atoms with Crippen molar-refractivity contribution < 1.29 is 0 Å². The highest BCUT2D eigenvalue weighted by Crippen LogP contribution is 2.00. The Balaban J connectivity index is 2.30. The predicted octanol–water partition coefficient (Wildman–Crippen LogP) is 2.78. The molecule has 0 aromatic carbocycles. The molecule has 0 amide bonds. The van der Waals surface area contributed by atoms with E-state index < -0.39 is 0 Å². The Morgan fingerprint density at radius 2 is 2.09 bits per heavy atom. The summed E-state index contributed by atoms with van der Waals surface area (Å²) in [7, 11) is 0. The van der Waals surface area contributed by atoms with Gasteiger partial charge in [-0.15, -0.1) is 0 Å². The van der Waals surface area contributed by atoms with Crippen LogP contribution in [-0.4, -0.2) is 46.4 Å². The first-order chi connectivity index (χ1) is 11.1. The first-order valence-electron chi connectivity index (χ1n) is 8.31. The maximum absolute atomic E-state index is 5.29. The van der Waals surface area contributed by atoms with Crippen molar-refractivity contribution in [3.63, 3.8) is 0 Å². The summed E-state index contributed by atoms with van der Waals surface area (Å²) in [6, 6.07) is 6.08. The third-order valence-corrected chi connectivity index (χ3v) is 3.95. The highest BCUT2D eigenvalue weighted by molar-refractivity contribution is 7.80. The van der Waals surface area contributed by atoms with Crippen LogP contribution < -0.4 is 10.7 Å². The minimum absolute atomic E-state index is 0.330. The van der Waals surface area contributed by atoms with Gasteiger partial charge in [-0.1, -0.05) is 19.9 Å². The van der Waals surface area contributed by atoms with E-state index in [-0.39, 0.29) is 0 Å². The molecule has 5 nitrogen and oxygen atoms in total. The molecule has 0 aliphatic rings. The Morgan fingerprint density at radius 3 is 2.70 bits per heavy atom. The van der Waals surface area contributed by atoms with Crippen molar-refractivity contribution in [3.8, 4) is 0 Å². The van der Waals surface area contributed by atoms with Gasteiger partial charge in [-0.2, -0.15) is 5.10 Å². The van der Waals surface area contributed by atoms with Crippen LogP contribution in [0.3, 0.4) is 0 Å². The molecule has 0 fully saturated rings. The molecule has 6 heteroatoms. The van der Waals surface area contributed by atoms with Gasteiger partial charge in [0.1, 0.15) is 0 Å². The number of nitrogens with zero attached hydrogens (tertiary/aromatic N) is 3. The number of aromatic nitrogens is 1. The van der Waals surface area contributed by atoms with Crippen molar-refractivity contribution in [2.45, 2.75) is 46.6 Å². The number of hydrogen-bond donors (Lipinski definition) is 2. The van der Waals surface area contributed by atoms with Crippen LogP contribution in [0.4, 0.5) is 0 Å². The molecule has 0 saturated carbocycles. The van der Waals surface area contributed by atoms with Crippen molar-refractivity contribution in [2.75, 3.05) is 19.6 Å². The summed E-state index contributed by atoms with van der Waals surface area (Å²) in [5, 5.41) is 8.10. The van der Waals surface area contributed by atoms with Crippen molar-refractivity contribution in [1.82, 2.24) is 20.6 Å². The molecule has 1 aromatic heterocycles. The van der Waals surface area contributed by atoms with Crippen LogP contribution in [0.25, 0.3) is 0 Å². The highest BCUT2D eigenvalue weighted by Gasteiger charge is 2.06. The number of pyridine rings is 1. The molecule has 128 valence electrons. The number of hydrogen-bond acceptors (Lipinski definition) is 4. The standard InChI is InChI=1S/C17H29N5S/c1-5-22(6-2)13-9-10-14(3)19-17(23)21-20-15(4)16-11-7-8-12-18-16/h7-8,11-12,14H,5-6,9-10,13H2,1-4H3,(H2,19,21,23)/b20-15-/t14-/m1/s1. The first kappa shape index (κ1) is 19.5. The lowest BCUT2D eigenvalue weighted by Crippen LogP contribution is -2.39. The maximum atomic E-state index is 5.29. The van der Waals surface area contributed by atoms with Crippen LogP contribution in [0, 0.1) is 0 Å². The molecule has 1 heterocycles. The fourth-order valence-electron chi connectivity index (χ4n) is 2.26. The zero-order chi connectivity index (χ0) is 17.1.